The zero-order valence-electron chi connectivity index (χ0n) is 18.7. The fourth-order valence-corrected chi connectivity index (χ4v) is 4.77. The third-order valence-electron chi connectivity index (χ3n) is 6.45. The summed E-state index contributed by atoms with van der Waals surface area (Å²) in [6.07, 6.45) is 3.80. The van der Waals surface area contributed by atoms with Crippen LogP contribution in [-0.4, -0.2) is 32.4 Å². The van der Waals surface area contributed by atoms with Crippen molar-refractivity contribution in [1.29, 1.82) is 0 Å². The number of hydrogen-bond acceptors (Lipinski definition) is 5. The first-order chi connectivity index (χ1) is 16.4. The molecule has 7 nitrogen and oxygen atoms in total. The SMILES string of the molecule is Cc1cc(C(=O)C2CCC2)cc2[nH]c(-c3c(NCC(O)c4cccc(Br)c4)cc[nH]c3=O)nc12. The number of H-pyrrole nitrogens is 2. The van der Waals surface area contributed by atoms with Crippen LogP contribution in [0.3, 0.4) is 0 Å². The van der Waals surface area contributed by atoms with E-state index in [-0.39, 0.29) is 23.8 Å². The minimum absolute atomic E-state index is 0.115. The highest BCUT2D eigenvalue weighted by molar-refractivity contribution is 9.10. The second-order valence-electron chi connectivity index (χ2n) is 8.81. The molecule has 2 aromatic carbocycles. The summed E-state index contributed by atoms with van der Waals surface area (Å²) in [5.74, 6) is 0.699. The second kappa shape index (κ2) is 9.19. The van der Waals surface area contributed by atoms with Crippen LogP contribution in [0.4, 0.5) is 5.69 Å². The number of Topliss-reactive ketones (excluding diaryl/α,β-unsaturated/α-hetero) is 1. The quantitative estimate of drug-likeness (QED) is 0.253. The number of fused-ring (bicyclic) bond motifs is 1. The lowest BCUT2D eigenvalue weighted by atomic mass is 9.80. The van der Waals surface area contributed by atoms with E-state index in [0.29, 0.717) is 22.6 Å². The summed E-state index contributed by atoms with van der Waals surface area (Å²) in [6, 6.07) is 12.9. The smallest absolute Gasteiger partial charge is 0.261 e. The summed E-state index contributed by atoms with van der Waals surface area (Å²) in [6.45, 7) is 2.14. The number of hydrogen-bond donors (Lipinski definition) is 4. The van der Waals surface area contributed by atoms with E-state index in [1.54, 1.807) is 12.3 Å². The molecule has 1 aliphatic rings. The molecule has 1 saturated carbocycles. The van der Waals surface area contributed by atoms with Gasteiger partial charge in [0.2, 0.25) is 0 Å². The van der Waals surface area contributed by atoms with Crippen molar-refractivity contribution in [2.24, 2.45) is 5.92 Å². The van der Waals surface area contributed by atoms with E-state index >= 15 is 0 Å². The molecular formula is C26H25BrN4O3. The number of benzene rings is 2. The number of rotatable bonds is 7. The third kappa shape index (κ3) is 4.31. The Kier molecular flexibility index (Phi) is 6.10. The molecule has 1 unspecified atom stereocenters. The molecule has 8 heteroatoms. The van der Waals surface area contributed by atoms with E-state index in [4.69, 9.17) is 0 Å². The van der Waals surface area contributed by atoms with Crippen LogP contribution in [0.15, 0.2) is 57.9 Å². The number of aliphatic hydroxyl groups is 1. The summed E-state index contributed by atoms with van der Waals surface area (Å²) in [7, 11) is 0. The maximum atomic E-state index is 12.8. The topological polar surface area (TPSA) is 111 Å². The standard InChI is InChI=1S/C26H25BrN4O3/c1-14-10-17(24(33)15-4-2-5-15)12-20-23(14)31-25(30-20)22-19(8-9-28-26(22)34)29-13-21(32)16-6-3-7-18(27)11-16/h3,6-12,15,21,32H,2,4-5,13H2,1H3,(H,30,31)(H2,28,29,34). The number of aliphatic hydroxyl groups excluding tert-OH is 1. The average Bonchev–Trinajstić information content (AvgIpc) is 3.20. The van der Waals surface area contributed by atoms with Gasteiger partial charge in [0.1, 0.15) is 11.4 Å². The molecule has 4 N–H and O–H groups in total. The van der Waals surface area contributed by atoms with Crippen molar-refractivity contribution in [1.82, 2.24) is 15.0 Å². The van der Waals surface area contributed by atoms with Crippen LogP contribution in [0.5, 0.6) is 0 Å². The average molecular weight is 521 g/mol. The highest BCUT2D eigenvalue weighted by atomic mass is 79.9. The molecule has 34 heavy (non-hydrogen) atoms. The zero-order chi connectivity index (χ0) is 23.8. The Balaban J connectivity index is 1.46. The number of imidazole rings is 1. The molecule has 0 amide bonds. The highest BCUT2D eigenvalue weighted by Crippen LogP contribution is 2.32. The van der Waals surface area contributed by atoms with E-state index in [9.17, 15) is 14.7 Å². The number of ketones is 1. The van der Waals surface area contributed by atoms with Gasteiger partial charge in [0.25, 0.3) is 5.56 Å². The third-order valence-corrected chi connectivity index (χ3v) is 6.95. The number of carbonyl (C=O) groups excluding carboxylic acids is 1. The van der Waals surface area contributed by atoms with Crippen molar-refractivity contribution in [3.8, 4) is 11.4 Å². The Morgan fingerprint density at radius 1 is 1.26 bits per heavy atom. The Morgan fingerprint density at radius 2 is 2.09 bits per heavy atom. The van der Waals surface area contributed by atoms with Crippen molar-refractivity contribution in [3.05, 3.63) is 80.2 Å². The number of carbonyl (C=O) groups is 1. The summed E-state index contributed by atoms with van der Waals surface area (Å²) >= 11 is 3.42. The van der Waals surface area contributed by atoms with Crippen molar-refractivity contribution in [2.75, 3.05) is 11.9 Å². The van der Waals surface area contributed by atoms with Crippen LogP contribution in [0, 0.1) is 12.8 Å². The molecule has 1 atom stereocenters. The predicted molar refractivity (Wildman–Crippen MR) is 136 cm³/mol. The molecule has 0 radical (unpaired) electrons. The number of nitrogens with zero attached hydrogens (tertiary/aromatic N) is 1. The first kappa shape index (κ1) is 22.6. The van der Waals surface area contributed by atoms with E-state index in [1.165, 1.54) is 0 Å². The van der Waals surface area contributed by atoms with Crippen LogP contribution >= 0.6 is 15.9 Å². The van der Waals surface area contributed by atoms with Crippen molar-refractivity contribution in [3.63, 3.8) is 0 Å². The molecule has 1 fully saturated rings. The Bertz CT molecular complexity index is 1440. The minimum atomic E-state index is -0.761. The van der Waals surface area contributed by atoms with Crippen LogP contribution in [0.2, 0.25) is 0 Å². The molecule has 2 aromatic heterocycles. The molecule has 0 aliphatic heterocycles. The van der Waals surface area contributed by atoms with Crippen LogP contribution in [0.25, 0.3) is 22.4 Å². The van der Waals surface area contributed by atoms with Gasteiger partial charge in [-0.05, 0) is 61.2 Å². The number of halogens is 1. The van der Waals surface area contributed by atoms with Crippen molar-refractivity contribution >= 4 is 38.4 Å². The first-order valence-electron chi connectivity index (χ1n) is 11.3. The van der Waals surface area contributed by atoms with Gasteiger partial charge < -0.3 is 20.4 Å². The van der Waals surface area contributed by atoms with Gasteiger partial charge in [-0.3, -0.25) is 9.59 Å². The van der Waals surface area contributed by atoms with Gasteiger partial charge >= 0.3 is 0 Å². The fourth-order valence-electron chi connectivity index (χ4n) is 4.36. The maximum absolute atomic E-state index is 12.8. The number of aromatic amines is 2. The molecule has 0 spiro atoms. The van der Waals surface area contributed by atoms with Gasteiger partial charge in [-0.15, -0.1) is 0 Å². The number of nitrogens with one attached hydrogen (secondary N) is 3. The van der Waals surface area contributed by atoms with E-state index in [1.807, 2.05) is 43.3 Å². The monoisotopic (exact) mass is 520 g/mol. The molecule has 0 bridgehead atoms. The second-order valence-corrected chi connectivity index (χ2v) is 9.73. The molecule has 1 aliphatic carbocycles. The van der Waals surface area contributed by atoms with Gasteiger partial charge in [-0.1, -0.05) is 34.5 Å². The lowest BCUT2D eigenvalue weighted by Gasteiger charge is -2.23. The predicted octanol–water partition coefficient (Wildman–Crippen LogP) is 5.12. The van der Waals surface area contributed by atoms with Crippen molar-refractivity contribution in [2.45, 2.75) is 32.3 Å². The molecule has 2 heterocycles. The Morgan fingerprint density at radius 3 is 2.82 bits per heavy atom. The molecule has 5 rings (SSSR count). The van der Waals surface area contributed by atoms with E-state index < -0.39 is 6.10 Å². The normalized spacial score (nSPS) is 14.7. The van der Waals surface area contributed by atoms with E-state index in [0.717, 1.165) is 45.9 Å². The van der Waals surface area contributed by atoms with Gasteiger partial charge in [-0.2, -0.15) is 0 Å². The number of anilines is 1. The first-order valence-corrected chi connectivity index (χ1v) is 12.1. The zero-order valence-corrected chi connectivity index (χ0v) is 20.3. The van der Waals surface area contributed by atoms with Crippen LogP contribution in [-0.2, 0) is 0 Å². The lowest BCUT2D eigenvalue weighted by molar-refractivity contribution is 0.0855. The summed E-state index contributed by atoms with van der Waals surface area (Å²) in [4.78, 5) is 36.2. The largest absolute Gasteiger partial charge is 0.387 e. The highest BCUT2D eigenvalue weighted by Gasteiger charge is 2.27. The molecule has 0 saturated heterocycles. The molecule has 174 valence electrons. The lowest BCUT2D eigenvalue weighted by Crippen LogP contribution is -2.22. The summed E-state index contributed by atoms with van der Waals surface area (Å²) < 4.78 is 0.883. The van der Waals surface area contributed by atoms with Crippen molar-refractivity contribution < 1.29 is 9.90 Å². The van der Waals surface area contributed by atoms with Crippen LogP contribution < -0.4 is 10.9 Å². The molecular weight excluding hydrogens is 496 g/mol. The van der Waals surface area contributed by atoms with E-state index in [2.05, 4.69) is 36.2 Å². The van der Waals surface area contributed by atoms with Gasteiger partial charge in [0, 0.05) is 28.7 Å². The number of pyridine rings is 1. The van der Waals surface area contributed by atoms with Gasteiger partial charge in [0.05, 0.1) is 22.8 Å². The maximum Gasteiger partial charge on any atom is 0.261 e. The van der Waals surface area contributed by atoms with Gasteiger partial charge in [-0.25, -0.2) is 4.98 Å². The summed E-state index contributed by atoms with van der Waals surface area (Å²) in [5, 5.41) is 13.8. The number of aryl methyl sites for hydroxylation is 1. The van der Waals surface area contributed by atoms with Gasteiger partial charge in [0.15, 0.2) is 5.78 Å². The molecule has 4 aromatic rings. The number of aromatic nitrogens is 3. The van der Waals surface area contributed by atoms with Crippen LogP contribution in [0.1, 0.15) is 46.9 Å². The minimum Gasteiger partial charge on any atom is -0.387 e. The fraction of sp³-hybridized carbons (Fsp3) is 0.269. The Labute approximate surface area is 204 Å². The Hall–Kier alpha value is -3.23. The summed E-state index contributed by atoms with van der Waals surface area (Å²) in [5.41, 5.74) is 4.38.